The van der Waals surface area contributed by atoms with E-state index in [2.05, 4.69) is 10.3 Å². The number of nitrogens with one attached hydrogen (secondary N) is 1. The van der Waals surface area contributed by atoms with Crippen LogP contribution in [0.2, 0.25) is 0 Å². The molecule has 1 aliphatic rings. The van der Waals surface area contributed by atoms with E-state index in [9.17, 15) is 4.79 Å². The van der Waals surface area contributed by atoms with E-state index in [0.717, 1.165) is 16.8 Å². The molecule has 0 saturated heterocycles. The summed E-state index contributed by atoms with van der Waals surface area (Å²) >= 11 is 0. The van der Waals surface area contributed by atoms with Gasteiger partial charge in [-0.3, -0.25) is 4.79 Å². The zero-order valence-electron chi connectivity index (χ0n) is 12.8. The Labute approximate surface area is 130 Å². The first-order valence-corrected chi connectivity index (χ1v) is 7.44. The zero-order valence-corrected chi connectivity index (χ0v) is 12.8. The van der Waals surface area contributed by atoms with Crippen LogP contribution in [0.4, 0.5) is 5.69 Å². The third-order valence-electron chi connectivity index (χ3n) is 3.20. The smallest absolute Gasteiger partial charge is 0.216 e. The van der Waals surface area contributed by atoms with Crippen molar-refractivity contribution in [3.63, 3.8) is 0 Å². The second kappa shape index (κ2) is 7.98. The summed E-state index contributed by atoms with van der Waals surface area (Å²) < 4.78 is 5.91. The van der Waals surface area contributed by atoms with E-state index in [0.29, 0.717) is 18.9 Å². The number of carbonyl (C=O) groups excluding carboxylic acids is 1. The first kappa shape index (κ1) is 15.8. The lowest BCUT2D eigenvalue weighted by Crippen LogP contribution is -2.09. The van der Waals surface area contributed by atoms with E-state index >= 15 is 0 Å². The van der Waals surface area contributed by atoms with Gasteiger partial charge in [0.15, 0.2) is 0 Å². The van der Waals surface area contributed by atoms with Crippen LogP contribution in [0.3, 0.4) is 0 Å². The predicted octanol–water partition coefficient (Wildman–Crippen LogP) is 3.80. The fraction of sp³-hybridized carbons (Fsp3) is 0.222. The highest BCUT2D eigenvalue weighted by Gasteiger charge is 2.24. The van der Waals surface area contributed by atoms with Gasteiger partial charge in [0.05, 0.1) is 6.54 Å². The van der Waals surface area contributed by atoms with Crippen LogP contribution in [0.15, 0.2) is 59.6 Å². The van der Waals surface area contributed by atoms with Gasteiger partial charge in [-0.1, -0.05) is 50.2 Å². The van der Waals surface area contributed by atoms with Gasteiger partial charge in [-0.25, -0.2) is 4.99 Å². The monoisotopic (exact) mass is 296 g/mol. The van der Waals surface area contributed by atoms with Crippen LogP contribution >= 0.6 is 0 Å². The molecular weight excluding hydrogens is 276 g/mol. The van der Waals surface area contributed by atoms with Crippen LogP contribution in [0.5, 0.6) is 0 Å². The largest absolute Gasteiger partial charge is 0.467 e. The van der Waals surface area contributed by atoms with Gasteiger partial charge in [0, 0.05) is 16.8 Å². The first-order chi connectivity index (χ1) is 10.9. The van der Waals surface area contributed by atoms with E-state index in [1.165, 1.54) is 0 Å². The molecule has 2 aromatic carbocycles. The molecule has 0 aliphatic carbocycles. The Morgan fingerprint density at radius 1 is 1.09 bits per heavy atom. The van der Waals surface area contributed by atoms with Crippen molar-refractivity contribution in [2.75, 3.05) is 11.9 Å². The third kappa shape index (κ3) is 3.52. The number of nitrogens with zero attached hydrogens (tertiary/aromatic N) is 1. The number of hydrogen-bond acceptors (Lipinski definition) is 3. The van der Waals surface area contributed by atoms with Crippen LogP contribution in [0.25, 0.3) is 0 Å². The minimum absolute atomic E-state index is 0.158. The second-order valence-corrected chi connectivity index (χ2v) is 4.47. The zero-order chi connectivity index (χ0) is 15.8. The van der Waals surface area contributed by atoms with Gasteiger partial charge in [-0.2, -0.15) is 0 Å². The molecule has 0 bridgehead atoms. The number of ether oxygens (including phenoxy) is 1. The maximum absolute atomic E-state index is 10.6. The van der Waals surface area contributed by atoms with E-state index < -0.39 is 0 Å². The second-order valence-electron chi connectivity index (χ2n) is 4.47. The number of rotatable bonds is 4. The van der Waals surface area contributed by atoms with Gasteiger partial charge in [0.1, 0.15) is 6.10 Å². The maximum Gasteiger partial charge on any atom is 0.216 e. The number of benzene rings is 2. The molecule has 4 nitrogen and oxygen atoms in total. The topological polar surface area (TPSA) is 50.7 Å². The number of carbonyl (C=O) groups is 1. The third-order valence-corrected chi connectivity index (χ3v) is 3.20. The molecule has 1 aliphatic heterocycles. The molecule has 0 spiro atoms. The van der Waals surface area contributed by atoms with Crippen LogP contribution < -0.4 is 5.32 Å². The molecule has 0 radical (unpaired) electrons. The van der Waals surface area contributed by atoms with Crippen LogP contribution in [0, 0.1) is 0 Å². The molecule has 1 unspecified atom stereocenters. The summed E-state index contributed by atoms with van der Waals surface area (Å²) in [6, 6.07) is 17.4. The summed E-state index contributed by atoms with van der Waals surface area (Å²) in [5, 5.41) is 2.70. The number of aliphatic imine (C=N–C) groups is 1. The normalized spacial score (nSPS) is 15.9. The van der Waals surface area contributed by atoms with Crippen molar-refractivity contribution in [2.24, 2.45) is 4.99 Å². The minimum atomic E-state index is -0.158. The molecule has 1 amide bonds. The average Bonchev–Trinajstić information content (AvgIpc) is 3.08. The quantitative estimate of drug-likeness (QED) is 0.872. The van der Waals surface area contributed by atoms with Crippen molar-refractivity contribution < 1.29 is 9.53 Å². The minimum Gasteiger partial charge on any atom is -0.467 e. The Balaban J connectivity index is 0.000000847. The van der Waals surface area contributed by atoms with Crippen molar-refractivity contribution in [3.05, 3.63) is 65.7 Å². The predicted molar refractivity (Wildman–Crippen MR) is 89.1 cm³/mol. The van der Waals surface area contributed by atoms with Crippen molar-refractivity contribution in [1.82, 2.24) is 0 Å². The van der Waals surface area contributed by atoms with Gasteiger partial charge in [-0.15, -0.1) is 0 Å². The summed E-state index contributed by atoms with van der Waals surface area (Å²) in [6.45, 7) is 4.56. The highest BCUT2D eigenvalue weighted by molar-refractivity contribution is 5.95. The lowest BCUT2D eigenvalue weighted by Gasteiger charge is -2.15. The Morgan fingerprint density at radius 3 is 2.50 bits per heavy atom. The van der Waals surface area contributed by atoms with E-state index in [-0.39, 0.29) is 6.10 Å². The van der Waals surface area contributed by atoms with Gasteiger partial charge >= 0.3 is 0 Å². The lowest BCUT2D eigenvalue weighted by atomic mass is 10.1. The van der Waals surface area contributed by atoms with Gasteiger partial charge < -0.3 is 10.1 Å². The van der Waals surface area contributed by atoms with Gasteiger partial charge in [-0.05, 0) is 18.2 Å². The molecule has 1 atom stereocenters. The maximum atomic E-state index is 10.6. The van der Waals surface area contributed by atoms with Crippen LogP contribution in [-0.2, 0) is 9.53 Å². The van der Waals surface area contributed by atoms with Crippen molar-refractivity contribution in [2.45, 2.75) is 20.0 Å². The summed E-state index contributed by atoms with van der Waals surface area (Å²) in [5.74, 6) is 0.650. The SMILES string of the molecule is CC.O=CNc1ccccc1C1CN=C(c2ccccc2)O1. The number of para-hydroxylation sites is 1. The highest BCUT2D eigenvalue weighted by atomic mass is 16.5. The molecule has 4 heteroatoms. The van der Waals surface area contributed by atoms with Crippen LogP contribution in [0.1, 0.15) is 31.1 Å². The molecular formula is C18H20N2O2. The lowest BCUT2D eigenvalue weighted by molar-refractivity contribution is -0.105. The Hall–Kier alpha value is -2.62. The van der Waals surface area contributed by atoms with Crippen molar-refractivity contribution >= 4 is 18.0 Å². The molecule has 0 saturated carbocycles. The average molecular weight is 296 g/mol. The fourth-order valence-corrected chi connectivity index (χ4v) is 2.25. The summed E-state index contributed by atoms with van der Waals surface area (Å²) in [4.78, 5) is 15.1. The summed E-state index contributed by atoms with van der Waals surface area (Å²) in [5.41, 5.74) is 2.67. The molecule has 2 aromatic rings. The van der Waals surface area contributed by atoms with Crippen LogP contribution in [-0.4, -0.2) is 18.9 Å². The molecule has 3 rings (SSSR count). The Kier molecular flexibility index (Phi) is 5.72. The molecule has 0 aromatic heterocycles. The fourth-order valence-electron chi connectivity index (χ4n) is 2.25. The summed E-state index contributed by atoms with van der Waals surface area (Å²) in [7, 11) is 0. The van der Waals surface area contributed by atoms with Gasteiger partial charge in [0.25, 0.3) is 0 Å². The Morgan fingerprint density at radius 2 is 1.77 bits per heavy atom. The first-order valence-electron chi connectivity index (χ1n) is 7.44. The number of anilines is 1. The summed E-state index contributed by atoms with van der Waals surface area (Å²) in [6.07, 6.45) is 0.515. The van der Waals surface area contributed by atoms with E-state index in [1.807, 2.05) is 68.4 Å². The molecule has 0 fully saturated rings. The molecule has 1 heterocycles. The number of hydrogen-bond donors (Lipinski definition) is 1. The Bertz CT molecular complexity index is 639. The van der Waals surface area contributed by atoms with E-state index in [1.54, 1.807) is 0 Å². The van der Waals surface area contributed by atoms with Crippen molar-refractivity contribution in [3.8, 4) is 0 Å². The molecule has 1 N–H and O–H groups in total. The van der Waals surface area contributed by atoms with Crippen molar-refractivity contribution in [1.29, 1.82) is 0 Å². The van der Waals surface area contributed by atoms with E-state index in [4.69, 9.17) is 4.74 Å². The van der Waals surface area contributed by atoms with Gasteiger partial charge in [0.2, 0.25) is 12.3 Å². The number of amides is 1. The highest BCUT2D eigenvalue weighted by Crippen LogP contribution is 2.30. The molecule has 22 heavy (non-hydrogen) atoms. The molecule has 114 valence electrons. The standard InChI is InChI=1S/C16H14N2O2.C2H6/c19-11-18-14-9-5-4-8-13(14)15-10-17-16(20-15)12-6-2-1-3-7-12;1-2/h1-9,11,15H,10H2,(H,18,19);1-2H3.